The second-order valence-corrected chi connectivity index (χ2v) is 6.52. The number of rotatable bonds is 6. The van der Waals surface area contributed by atoms with E-state index >= 15 is 0 Å². The lowest BCUT2D eigenvalue weighted by atomic mass is 9.94. The molecule has 2 aromatic rings. The molecule has 3 N–H and O–H groups in total. The molecule has 0 aliphatic carbocycles. The van der Waals surface area contributed by atoms with Gasteiger partial charge in [-0.05, 0) is 42.4 Å². The van der Waals surface area contributed by atoms with Gasteiger partial charge in [-0.2, -0.15) is 0 Å². The predicted molar refractivity (Wildman–Crippen MR) is 94.8 cm³/mol. The topological polar surface area (TPSA) is 56.8 Å². The number of methoxy groups -OCH3 is 1. The van der Waals surface area contributed by atoms with Crippen LogP contribution in [0.1, 0.15) is 17.2 Å². The first kappa shape index (κ1) is 17.7. The molecule has 0 spiro atoms. The number of phenols is 1. The second-order valence-electron chi connectivity index (χ2n) is 6.52. The number of hydrazine groups is 1. The first-order valence-electron chi connectivity index (χ1n) is 8.35. The summed E-state index contributed by atoms with van der Waals surface area (Å²) in [6, 6.07) is 12.3. The van der Waals surface area contributed by atoms with Gasteiger partial charge in [-0.3, -0.25) is 5.43 Å². The van der Waals surface area contributed by atoms with Crippen molar-refractivity contribution >= 4 is 0 Å². The highest BCUT2D eigenvalue weighted by atomic mass is 19.1. The molecule has 2 aromatic carbocycles. The summed E-state index contributed by atoms with van der Waals surface area (Å²) in [6.45, 7) is 2.44. The Hall–Kier alpha value is -2.15. The zero-order valence-electron chi connectivity index (χ0n) is 14.5. The molecular formula is C19H24FN3O2. The van der Waals surface area contributed by atoms with Crippen LogP contribution in [0.4, 0.5) is 4.39 Å². The van der Waals surface area contributed by atoms with Gasteiger partial charge >= 0.3 is 0 Å². The zero-order chi connectivity index (χ0) is 17.8. The SMILES string of the molecule is COc1ccc(CN(C)CC2CNNC2c2ccc(F)cc2)cc1O. The van der Waals surface area contributed by atoms with E-state index in [1.807, 2.05) is 18.2 Å². The molecule has 0 aromatic heterocycles. The molecule has 6 heteroatoms. The number of phenolic OH excluding ortho intramolecular Hbond substituents is 1. The van der Waals surface area contributed by atoms with Crippen LogP contribution < -0.4 is 15.6 Å². The van der Waals surface area contributed by atoms with E-state index in [0.29, 0.717) is 11.7 Å². The highest BCUT2D eigenvalue weighted by molar-refractivity contribution is 5.41. The number of hydrogen-bond acceptors (Lipinski definition) is 5. The normalized spacial score (nSPS) is 20.2. The summed E-state index contributed by atoms with van der Waals surface area (Å²) in [4.78, 5) is 2.22. The van der Waals surface area contributed by atoms with Crippen LogP contribution in [0, 0.1) is 11.7 Å². The Bertz CT molecular complexity index is 708. The molecule has 3 rings (SSSR count). The van der Waals surface area contributed by atoms with Crippen LogP contribution in [0.3, 0.4) is 0 Å². The predicted octanol–water partition coefficient (Wildman–Crippen LogP) is 2.44. The Labute approximate surface area is 147 Å². The highest BCUT2D eigenvalue weighted by Gasteiger charge is 2.29. The van der Waals surface area contributed by atoms with E-state index in [1.54, 1.807) is 12.1 Å². The maximum atomic E-state index is 13.1. The smallest absolute Gasteiger partial charge is 0.160 e. The molecule has 25 heavy (non-hydrogen) atoms. The Balaban J connectivity index is 1.62. The van der Waals surface area contributed by atoms with Crippen LogP contribution in [0.2, 0.25) is 0 Å². The summed E-state index contributed by atoms with van der Waals surface area (Å²) < 4.78 is 18.2. The van der Waals surface area contributed by atoms with Crippen LogP contribution in [0.5, 0.6) is 11.5 Å². The summed E-state index contributed by atoms with van der Waals surface area (Å²) in [7, 11) is 3.60. The highest BCUT2D eigenvalue weighted by Crippen LogP contribution is 2.28. The van der Waals surface area contributed by atoms with E-state index in [2.05, 4.69) is 22.8 Å². The van der Waals surface area contributed by atoms with Crippen molar-refractivity contribution in [3.8, 4) is 11.5 Å². The zero-order valence-corrected chi connectivity index (χ0v) is 14.5. The molecule has 1 aliphatic heterocycles. The molecule has 134 valence electrons. The Morgan fingerprint density at radius 1 is 1.24 bits per heavy atom. The maximum Gasteiger partial charge on any atom is 0.160 e. The molecule has 2 unspecified atom stereocenters. The molecule has 1 heterocycles. The first-order valence-corrected chi connectivity index (χ1v) is 8.35. The molecule has 1 aliphatic rings. The van der Waals surface area contributed by atoms with Crippen LogP contribution in [0.15, 0.2) is 42.5 Å². The van der Waals surface area contributed by atoms with Gasteiger partial charge in [0.1, 0.15) is 5.82 Å². The third kappa shape index (κ3) is 4.28. The molecule has 2 atom stereocenters. The third-order valence-corrected chi connectivity index (χ3v) is 4.56. The lowest BCUT2D eigenvalue weighted by Gasteiger charge is -2.25. The van der Waals surface area contributed by atoms with Gasteiger partial charge < -0.3 is 14.7 Å². The van der Waals surface area contributed by atoms with Gasteiger partial charge in [0.25, 0.3) is 0 Å². The van der Waals surface area contributed by atoms with Crippen molar-refractivity contribution < 1.29 is 14.2 Å². The minimum atomic E-state index is -0.220. The van der Waals surface area contributed by atoms with Gasteiger partial charge in [-0.15, -0.1) is 0 Å². The monoisotopic (exact) mass is 345 g/mol. The Morgan fingerprint density at radius 2 is 2.00 bits per heavy atom. The van der Waals surface area contributed by atoms with E-state index < -0.39 is 0 Å². The van der Waals surface area contributed by atoms with Crippen molar-refractivity contribution in [2.45, 2.75) is 12.6 Å². The lowest BCUT2D eigenvalue weighted by molar-refractivity contribution is 0.262. The van der Waals surface area contributed by atoms with E-state index in [1.165, 1.54) is 19.2 Å². The van der Waals surface area contributed by atoms with Gasteiger partial charge in [-0.1, -0.05) is 18.2 Å². The van der Waals surface area contributed by atoms with Crippen molar-refractivity contribution in [1.82, 2.24) is 15.8 Å². The number of benzene rings is 2. The fourth-order valence-electron chi connectivity index (χ4n) is 3.34. The van der Waals surface area contributed by atoms with Gasteiger partial charge in [0.15, 0.2) is 11.5 Å². The van der Waals surface area contributed by atoms with Crippen LogP contribution in [0.25, 0.3) is 0 Å². The molecule has 1 saturated heterocycles. The van der Waals surface area contributed by atoms with Crippen molar-refractivity contribution in [3.63, 3.8) is 0 Å². The third-order valence-electron chi connectivity index (χ3n) is 4.56. The van der Waals surface area contributed by atoms with E-state index in [-0.39, 0.29) is 17.6 Å². The summed E-state index contributed by atoms with van der Waals surface area (Å²) in [6.07, 6.45) is 0. The van der Waals surface area contributed by atoms with Crippen LogP contribution in [-0.2, 0) is 6.54 Å². The van der Waals surface area contributed by atoms with Crippen molar-refractivity contribution in [1.29, 1.82) is 0 Å². The van der Waals surface area contributed by atoms with Gasteiger partial charge in [0, 0.05) is 25.6 Å². The summed E-state index contributed by atoms with van der Waals surface area (Å²) >= 11 is 0. The minimum absolute atomic E-state index is 0.146. The molecular weight excluding hydrogens is 321 g/mol. The van der Waals surface area contributed by atoms with Gasteiger partial charge in [-0.25, -0.2) is 9.82 Å². The van der Waals surface area contributed by atoms with Crippen molar-refractivity contribution in [2.24, 2.45) is 5.92 Å². The van der Waals surface area contributed by atoms with Crippen LogP contribution >= 0.6 is 0 Å². The quantitative estimate of drug-likeness (QED) is 0.751. The number of hydrogen-bond donors (Lipinski definition) is 3. The average Bonchev–Trinajstić information content (AvgIpc) is 3.03. The average molecular weight is 345 g/mol. The van der Waals surface area contributed by atoms with E-state index in [4.69, 9.17) is 4.74 Å². The lowest BCUT2D eigenvalue weighted by Crippen LogP contribution is -2.30. The van der Waals surface area contributed by atoms with E-state index in [9.17, 15) is 9.50 Å². The number of ether oxygens (including phenoxy) is 1. The summed E-state index contributed by atoms with van der Waals surface area (Å²) in [5.74, 6) is 0.777. The fraction of sp³-hybridized carbons (Fsp3) is 0.368. The molecule has 0 bridgehead atoms. The van der Waals surface area contributed by atoms with Crippen molar-refractivity contribution in [3.05, 3.63) is 59.4 Å². The number of aromatic hydroxyl groups is 1. The minimum Gasteiger partial charge on any atom is -0.504 e. The standard InChI is InChI=1S/C19H24FN3O2/c1-23(11-13-3-8-18(25-2)17(24)9-13)12-15-10-21-22-19(15)14-4-6-16(20)7-5-14/h3-9,15,19,21-22,24H,10-12H2,1-2H3. The largest absolute Gasteiger partial charge is 0.504 e. The number of nitrogens with zero attached hydrogens (tertiary/aromatic N) is 1. The maximum absolute atomic E-state index is 13.1. The first-order chi connectivity index (χ1) is 12.1. The summed E-state index contributed by atoms with van der Waals surface area (Å²) in [5, 5.41) is 9.91. The molecule has 0 radical (unpaired) electrons. The van der Waals surface area contributed by atoms with E-state index in [0.717, 1.165) is 30.8 Å². The Kier molecular flexibility index (Phi) is 5.53. The second kappa shape index (κ2) is 7.82. The molecule has 0 amide bonds. The summed E-state index contributed by atoms with van der Waals surface area (Å²) in [5.41, 5.74) is 8.58. The van der Waals surface area contributed by atoms with Crippen molar-refractivity contribution in [2.75, 3.05) is 27.2 Å². The molecule has 5 nitrogen and oxygen atoms in total. The number of nitrogens with one attached hydrogen (secondary N) is 2. The fourth-order valence-corrected chi connectivity index (χ4v) is 3.34. The molecule has 1 fully saturated rings. The van der Waals surface area contributed by atoms with Gasteiger partial charge in [0.05, 0.1) is 13.2 Å². The molecule has 0 saturated carbocycles. The number of halogens is 1. The van der Waals surface area contributed by atoms with Gasteiger partial charge in [0.2, 0.25) is 0 Å². The van der Waals surface area contributed by atoms with Crippen LogP contribution in [-0.4, -0.2) is 37.3 Å². The Morgan fingerprint density at radius 3 is 2.68 bits per heavy atom.